The van der Waals surface area contributed by atoms with Crippen LogP contribution in [-0.2, 0) is 0 Å². The van der Waals surface area contributed by atoms with Crippen molar-refractivity contribution in [3.05, 3.63) is 65.2 Å². The lowest BCUT2D eigenvalue weighted by molar-refractivity contribution is 0.104. The smallest absolute Gasteiger partial charge is 0.185 e. The van der Waals surface area contributed by atoms with Crippen molar-refractivity contribution in [1.82, 2.24) is 4.90 Å². The number of aryl methyl sites for hydroxylation is 1. The topological polar surface area (TPSA) is 49.8 Å². The zero-order valence-electron chi connectivity index (χ0n) is 15.0. The van der Waals surface area contributed by atoms with Gasteiger partial charge in [-0.05, 0) is 51.2 Å². The summed E-state index contributed by atoms with van der Waals surface area (Å²) in [7, 11) is 4.02. The standard InChI is InChI=1S/C21H25NO3/c1-16-5-9-18(10-6-16)19(23)11-7-17-8-12-20(24)21(15-17)25-14-4-13-22(2)3/h5-12,15,24H,4,13-14H2,1-3H3/b11-7+. The zero-order chi connectivity index (χ0) is 18.2. The highest BCUT2D eigenvalue weighted by molar-refractivity contribution is 6.06. The number of hydrogen-bond donors (Lipinski definition) is 1. The Hall–Kier alpha value is -2.59. The number of benzene rings is 2. The van der Waals surface area contributed by atoms with Gasteiger partial charge in [-0.1, -0.05) is 42.0 Å². The SMILES string of the molecule is Cc1ccc(C(=O)/C=C/c2ccc(O)c(OCCCN(C)C)c2)cc1. The van der Waals surface area contributed by atoms with Crippen LogP contribution in [0.2, 0.25) is 0 Å². The molecule has 2 aromatic rings. The van der Waals surface area contributed by atoms with Gasteiger partial charge in [-0.15, -0.1) is 0 Å². The lowest BCUT2D eigenvalue weighted by Gasteiger charge is -2.11. The average Bonchev–Trinajstić information content (AvgIpc) is 2.59. The Morgan fingerprint density at radius 2 is 1.88 bits per heavy atom. The highest BCUT2D eigenvalue weighted by Gasteiger charge is 2.05. The third kappa shape index (κ3) is 6.08. The number of phenols is 1. The minimum Gasteiger partial charge on any atom is -0.504 e. The average molecular weight is 339 g/mol. The first-order valence-electron chi connectivity index (χ1n) is 8.35. The number of rotatable bonds is 8. The molecular weight excluding hydrogens is 314 g/mol. The van der Waals surface area contributed by atoms with E-state index >= 15 is 0 Å². The van der Waals surface area contributed by atoms with Gasteiger partial charge < -0.3 is 14.7 Å². The second-order valence-electron chi connectivity index (χ2n) is 6.30. The molecule has 0 saturated heterocycles. The molecule has 0 fully saturated rings. The molecule has 0 atom stereocenters. The maximum Gasteiger partial charge on any atom is 0.185 e. The zero-order valence-corrected chi connectivity index (χ0v) is 15.0. The molecule has 132 valence electrons. The van der Waals surface area contributed by atoms with Crippen LogP contribution in [0.15, 0.2) is 48.5 Å². The Kier molecular flexibility index (Phi) is 6.78. The molecule has 4 nitrogen and oxygen atoms in total. The van der Waals surface area contributed by atoms with E-state index in [1.165, 1.54) is 6.08 Å². The number of ketones is 1. The van der Waals surface area contributed by atoms with E-state index in [9.17, 15) is 9.90 Å². The van der Waals surface area contributed by atoms with Gasteiger partial charge in [-0.3, -0.25) is 4.79 Å². The van der Waals surface area contributed by atoms with Crippen molar-refractivity contribution < 1.29 is 14.6 Å². The van der Waals surface area contributed by atoms with Gasteiger partial charge in [0.25, 0.3) is 0 Å². The third-order valence-electron chi connectivity index (χ3n) is 3.75. The fourth-order valence-corrected chi connectivity index (χ4v) is 2.30. The largest absolute Gasteiger partial charge is 0.504 e. The van der Waals surface area contributed by atoms with E-state index in [1.807, 2.05) is 45.3 Å². The summed E-state index contributed by atoms with van der Waals surface area (Å²) in [6.45, 7) is 3.44. The molecule has 0 amide bonds. The van der Waals surface area contributed by atoms with E-state index in [2.05, 4.69) is 4.90 Å². The van der Waals surface area contributed by atoms with E-state index in [4.69, 9.17) is 4.74 Å². The predicted molar refractivity (Wildman–Crippen MR) is 101 cm³/mol. The van der Waals surface area contributed by atoms with Crippen molar-refractivity contribution in [2.75, 3.05) is 27.2 Å². The Labute approximate surface area is 149 Å². The molecule has 0 radical (unpaired) electrons. The maximum absolute atomic E-state index is 12.2. The van der Waals surface area contributed by atoms with Gasteiger partial charge in [0.05, 0.1) is 6.61 Å². The van der Waals surface area contributed by atoms with Crippen molar-refractivity contribution in [3.63, 3.8) is 0 Å². The van der Waals surface area contributed by atoms with Crippen LogP contribution in [0.4, 0.5) is 0 Å². The summed E-state index contributed by atoms with van der Waals surface area (Å²) in [5.41, 5.74) is 2.58. The number of phenolic OH excluding ortho intramolecular Hbond substituents is 1. The monoisotopic (exact) mass is 339 g/mol. The third-order valence-corrected chi connectivity index (χ3v) is 3.75. The van der Waals surface area contributed by atoms with Crippen LogP contribution < -0.4 is 4.74 Å². The number of carbonyl (C=O) groups excluding carboxylic acids is 1. The highest BCUT2D eigenvalue weighted by atomic mass is 16.5. The quantitative estimate of drug-likeness (QED) is 0.450. The summed E-state index contributed by atoms with van der Waals surface area (Å²) in [6.07, 6.45) is 4.14. The summed E-state index contributed by atoms with van der Waals surface area (Å²) >= 11 is 0. The van der Waals surface area contributed by atoms with Crippen LogP contribution in [-0.4, -0.2) is 43.0 Å². The van der Waals surface area contributed by atoms with E-state index in [0.29, 0.717) is 17.9 Å². The maximum atomic E-state index is 12.2. The van der Waals surface area contributed by atoms with Gasteiger partial charge in [0, 0.05) is 12.1 Å². The highest BCUT2D eigenvalue weighted by Crippen LogP contribution is 2.27. The van der Waals surface area contributed by atoms with Gasteiger partial charge >= 0.3 is 0 Å². The second kappa shape index (κ2) is 9.04. The van der Waals surface area contributed by atoms with Crippen molar-refractivity contribution in [2.45, 2.75) is 13.3 Å². The van der Waals surface area contributed by atoms with Crippen molar-refractivity contribution in [3.8, 4) is 11.5 Å². The first-order valence-corrected chi connectivity index (χ1v) is 8.35. The fourth-order valence-electron chi connectivity index (χ4n) is 2.30. The van der Waals surface area contributed by atoms with Crippen molar-refractivity contribution in [2.24, 2.45) is 0 Å². The van der Waals surface area contributed by atoms with E-state index in [1.54, 1.807) is 24.3 Å². The van der Waals surface area contributed by atoms with Crippen LogP contribution in [0.3, 0.4) is 0 Å². The first kappa shape index (κ1) is 18.7. The molecule has 2 rings (SSSR count). The molecule has 0 unspecified atom stereocenters. The Balaban J connectivity index is 2.00. The number of carbonyl (C=O) groups is 1. The predicted octanol–water partition coefficient (Wildman–Crippen LogP) is 3.93. The fraction of sp³-hybridized carbons (Fsp3) is 0.286. The lowest BCUT2D eigenvalue weighted by Crippen LogP contribution is -2.15. The van der Waals surface area contributed by atoms with Gasteiger partial charge in [0.15, 0.2) is 17.3 Å². The van der Waals surface area contributed by atoms with E-state index < -0.39 is 0 Å². The van der Waals surface area contributed by atoms with Crippen LogP contribution in [0, 0.1) is 6.92 Å². The van der Waals surface area contributed by atoms with Crippen LogP contribution in [0.25, 0.3) is 6.08 Å². The van der Waals surface area contributed by atoms with Crippen molar-refractivity contribution >= 4 is 11.9 Å². The number of allylic oxidation sites excluding steroid dienone is 1. The molecule has 2 aromatic carbocycles. The Morgan fingerprint density at radius 1 is 1.16 bits per heavy atom. The van der Waals surface area contributed by atoms with Crippen LogP contribution in [0.5, 0.6) is 11.5 Å². The molecule has 0 aliphatic rings. The number of hydrogen-bond acceptors (Lipinski definition) is 4. The minimum absolute atomic E-state index is 0.0541. The van der Waals surface area contributed by atoms with Gasteiger partial charge in [0.1, 0.15) is 0 Å². The summed E-state index contributed by atoms with van der Waals surface area (Å²) < 4.78 is 5.64. The molecule has 4 heteroatoms. The van der Waals surface area contributed by atoms with Gasteiger partial charge in [-0.25, -0.2) is 0 Å². The number of ether oxygens (including phenoxy) is 1. The second-order valence-corrected chi connectivity index (χ2v) is 6.30. The Morgan fingerprint density at radius 3 is 2.56 bits per heavy atom. The number of nitrogens with zero attached hydrogens (tertiary/aromatic N) is 1. The molecule has 0 heterocycles. The Bertz CT molecular complexity index is 733. The summed E-state index contributed by atoms with van der Waals surface area (Å²) in [5.74, 6) is 0.483. The molecule has 0 aliphatic heterocycles. The normalized spacial score (nSPS) is 11.2. The molecular formula is C21H25NO3. The van der Waals surface area contributed by atoms with Crippen LogP contribution in [0.1, 0.15) is 27.9 Å². The molecule has 0 aromatic heterocycles. The van der Waals surface area contributed by atoms with Gasteiger partial charge in [-0.2, -0.15) is 0 Å². The lowest BCUT2D eigenvalue weighted by atomic mass is 10.1. The molecule has 25 heavy (non-hydrogen) atoms. The van der Waals surface area contributed by atoms with Crippen molar-refractivity contribution in [1.29, 1.82) is 0 Å². The van der Waals surface area contributed by atoms with E-state index in [0.717, 1.165) is 24.1 Å². The van der Waals surface area contributed by atoms with E-state index in [-0.39, 0.29) is 11.5 Å². The summed E-state index contributed by atoms with van der Waals surface area (Å²) in [6, 6.07) is 12.5. The first-order chi connectivity index (χ1) is 12.0. The molecule has 0 spiro atoms. The molecule has 0 saturated carbocycles. The minimum atomic E-state index is -0.0541. The number of aromatic hydroxyl groups is 1. The van der Waals surface area contributed by atoms with Crippen LogP contribution >= 0.6 is 0 Å². The van der Waals surface area contributed by atoms with Gasteiger partial charge in [0.2, 0.25) is 0 Å². The molecule has 1 N–H and O–H groups in total. The molecule has 0 aliphatic carbocycles. The molecule has 0 bridgehead atoms. The summed E-state index contributed by atoms with van der Waals surface area (Å²) in [4.78, 5) is 14.3. The summed E-state index contributed by atoms with van der Waals surface area (Å²) in [5, 5.41) is 9.90.